The van der Waals surface area contributed by atoms with Crippen LogP contribution in [0.5, 0.6) is 0 Å². The van der Waals surface area contributed by atoms with Gasteiger partial charge in [0, 0.05) is 22.9 Å². The number of carbonyl (C=O) groups is 1. The predicted octanol–water partition coefficient (Wildman–Crippen LogP) is 4.50. The Kier molecular flexibility index (Phi) is 9.48. The van der Waals surface area contributed by atoms with Crippen molar-refractivity contribution in [3.05, 3.63) is 65.5 Å². The van der Waals surface area contributed by atoms with Crippen LogP contribution in [0.2, 0.25) is 0 Å². The molecule has 34 heavy (non-hydrogen) atoms. The zero-order valence-corrected chi connectivity index (χ0v) is 20.9. The van der Waals surface area contributed by atoms with Gasteiger partial charge in [-0.2, -0.15) is 5.10 Å². The number of rotatable bonds is 12. The Hall–Kier alpha value is -3.37. The van der Waals surface area contributed by atoms with Gasteiger partial charge in [-0.3, -0.25) is 14.8 Å². The van der Waals surface area contributed by atoms with E-state index in [4.69, 9.17) is 4.98 Å². The third-order valence-corrected chi connectivity index (χ3v) is 5.96. The molecule has 0 radical (unpaired) electrons. The van der Waals surface area contributed by atoms with Crippen molar-refractivity contribution in [3.63, 3.8) is 0 Å². The summed E-state index contributed by atoms with van der Waals surface area (Å²) in [4.78, 5) is 20.2. The number of anilines is 2. The fraction of sp³-hybridized carbons (Fsp3) is 0.333. The summed E-state index contributed by atoms with van der Waals surface area (Å²) >= 11 is 1.44. The monoisotopic (exact) mass is 480 g/mol. The molecular weight excluding hydrogens is 448 g/mol. The maximum atomic E-state index is 12.4. The topological polar surface area (TPSA) is 103 Å². The van der Waals surface area contributed by atoms with Gasteiger partial charge >= 0.3 is 0 Å². The van der Waals surface area contributed by atoms with Crippen LogP contribution in [0.4, 0.5) is 11.6 Å². The lowest BCUT2D eigenvalue weighted by Crippen LogP contribution is -2.36. The van der Waals surface area contributed by atoms with E-state index in [1.165, 1.54) is 11.8 Å². The third-order valence-electron chi connectivity index (χ3n) is 5.00. The zero-order valence-electron chi connectivity index (χ0n) is 20.1. The summed E-state index contributed by atoms with van der Waals surface area (Å²) in [5, 5.41) is 18.3. The van der Waals surface area contributed by atoms with Gasteiger partial charge in [-0.05, 0) is 69.4 Å². The molecular formula is C24H32N8OS. The highest BCUT2D eigenvalue weighted by Gasteiger charge is 2.11. The van der Waals surface area contributed by atoms with E-state index < -0.39 is 0 Å². The van der Waals surface area contributed by atoms with Crippen molar-refractivity contribution in [2.24, 2.45) is 0 Å². The van der Waals surface area contributed by atoms with E-state index in [2.05, 4.69) is 44.7 Å². The highest BCUT2D eigenvalue weighted by atomic mass is 32.2. The van der Waals surface area contributed by atoms with Crippen LogP contribution in [0.15, 0.2) is 70.7 Å². The van der Waals surface area contributed by atoms with Crippen LogP contribution in [0.25, 0.3) is 5.52 Å². The Morgan fingerprint density at radius 2 is 2.09 bits per heavy atom. The molecule has 10 heteroatoms. The van der Waals surface area contributed by atoms with Crippen molar-refractivity contribution >= 4 is 34.8 Å². The smallest absolute Gasteiger partial charge is 0.238 e. The van der Waals surface area contributed by atoms with Crippen LogP contribution in [0.1, 0.15) is 34.1 Å². The van der Waals surface area contributed by atoms with Crippen molar-refractivity contribution in [3.8, 4) is 0 Å². The van der Waals surface area contributed by atoms with Gasteiger partial charge in [-0.25, -0.2) is 9.50 Å². The lowest BCUT2D eigenvalue weighted by Gasteiger charge is -2.18. The molecule has 1 amide bonds. The number of fused-ring (bicyclic) bond motifs is 1. The molecule has 0 unspecified atom stereocenters. The van der Waals surface area contributed by atoms with Crippen LogP contribution >= 0.6 is 11.8 Å². The fourth-order valence-electron chi connectivity index (χ4n) is 3.25. The number of amides is 1. The standard InChI is InChI=1S/C24H32N8OS/c1-5-15-31(8-4)17-22(33)26-18(6-2)11-12-19(7-3)34-24-28-23(27-21-13-14-25-29-21)20-10-9-16-32(20)30-24/h6-7,9-14,16H,5,8,15,17H2,1-4H3,(H,26,33)(H2,25,27,28,29,30)/b12-11-,18-6+,19-7+. The first-order valence-corrected chi connectivity index (χ1v) is 12.2. The van der Waals surface area contributed by atoms with Gasteiger partial charge in [0.15, 0.2) is 5.82 Å². The molecule has 3 aromatic heterocycles. The molecule has 3 aromatic rings. The highest BCUT2D eigenvalue weighted by molar-refractivity contribution is 8.03. The van der Waals surface area contributed by atoms with E-state index in [1.807, 2.05) is 62.5 Å². The molecule has 0 bridgehead atoms. The van der Waals surface area contributed by atoms with Crippen LogP contribution < -0.4 is 10.6 Å². The molecule has 3 N–H and O–H groups in total. The molecule has 0 aliphatic rings. The van der Waals surface area contributed by atoms with E-state index in [1.54, 1.807) is 10.7 Å². The Morgan fingerprint density at radius 1 is 1.24 bits per heavy atom. The van der Waals surface area contributed by atoms with Crippen molar-refractivity contribution in [2.75, 3.05) is 25.0 Å². The summed E-state index contributed by atoms with van der Waals surface area (Å²) in [6.45, 7) is 10.2. The molecule has 0 saturated carbocycles. The second-order valence-corrected chi connectivity index (χ2v) is 8.50. The fourth-order valence-corrected chi connectivity index (χ4v) is 3.98. The van der Waals surface area contributed by atoms with E-state index in [-0.39, 0.29) is 5.91 Å². The minimum atomic E-state index is -0.0151. The Morgan fingerprint density at radius 3 is 2.76 bits per heavy atom. The van der Waals surface area contributed by atoms with E-state index in [0.29, 0.717) is 17.5 Å². The van der Waals surface area contributed by atoms with Gasteiger partial charge in [-0.15, -0.1) is 5.10 Å². The molecule has 0 aliphatic heterocycles. The average molecular weight is 481 g/mol. The zero-order chi connectivity index (χ0) is 24.3. The largest absolute Gasteiger partial charge is 0.325 e. The Balaban J connectivity index is 1.69. The normalized spacial score (nSPS) is 12.7. The summed E-state index contributed by atoms with van der Waals surface area (Å²) < 4.78 is 1.79. The molecule has 0 aromatic carbocycles. The van der Waals surface area contributed by atoms with Crippen molar-refractivity contribution in [1.29, 1.82) is 0 Å². The molecule has 0 spiro atoms. The van der Waals surface area contributed by atoms with Crippen molar-refractivity contribution in [2.45, 2.75) is 39.3 Å². The quantitative estimate of drug-likeness (QED) is 0.259. The second-order valence-electron chi connectivity index (χ2n) is 7.46. The maximum absolute atomic E-state index is 12.4. The number of nitrogens with zero attached hydrogens (tertiary/aromatic N) is 5. The molecule has 0 fully saturated rings. The van der Waals surface area contributed by atoms with Gasteiger partial charge in [0.2, 0.25) is 11.1 Å². The van der Waals surface area contributed by atoms with Crippen molar-refractivity contribution in [1.82, 2.24) is 35.0 Å². The SMILES string of the molecule is C\C=C(/C=C\C(=C/C)Sc1nc(Nc2ccn[nH]2)c2cccn2n1)NC(=O)CN(CC)CCC. The van der Waals surface area contributed by atoms with Gasteiger partial charge in [0.1, 0.15) is 11.3 Å². The number of H-pyrrole nitrogens is 1. The molecule has 3 heterocycles. The van der Waals surface area contributed by atoms with Crippen LogP contribution in [-0.4, -0.2) is 55.2 Å². The van der Waals surface area contributed by atoms with Crippen LogP contribution in [0.3, 0.4) is 0 Å². The molecule has 180 valence electrons. The number of aromatic amines is 1. The third kappa shape index (κ3) is 7.06. The lowest BCUT2D eigenvalue weighted by molar-refractivity contribution is -0.121. The van der Waals surface area contributed by atoms with Gasteiger partial charge in [0.25, 0.3) is 0 Å². The first-order valence-electron chi connectivity index (χ1n) is 11.4. The molecule has 0 aliphatic carbocycles. The number of likely N-dealkylation sites (N-methyl/N-ethyl adjacent to an activating group) is 1. The number of hydrogen-bond donors (Lipinski definition) is 3. The summed E-state index contributed by atoms with van der Waals surface area (Å²) in [6.07, 6.45) is 12.3. The number of carbonyl (C=O) groups excluding carboxylic acids is 1. The first kappa shape index (κ1) is 25.3. The Bertz CT molecular complexity index is 1160. The second kappa shape index (κ2) is 12.8. The summed E-state index contributed by atoms with van der Waals surface area (Å²) in [5.41, 5.74) is 1.61. The molecule has 3 rings (SSSR count). The van der Waals surface area contributed by atoms with Gasteiger partial charge in [0.05, 0.1) is 12.7 Å². The molecule has 9 nitrogen and oxygen atoms in total. The minimum Gasteiger partial charge on any atom is -0.325 e. The van der Waals surface area contributed by atoms with Crippen molar-refractivity contribution < 1.29 is 4.79 Å². The van der Waals surface area contributed by atoms with E-state index in [0.717, 1.165) is 41.4 Å². The van der Waals surface area contributed by atoms with Crippen LogP contribution in [-0.2, 0) is 4.79 Å². The van der Waals surface area contributed by atoms with E-state index in [9.17, 15) is 4.79 Å². The average Bonchev–Trinajstić information content (AvgIpc) is 3.52. The molecule has 0 atom stereocenters. The number of nitrogens with one attached hydrogen (secondary N) is 3. The highest BCUT2D eigenvalue weighted by Crippen LogP contribution is 2.28. The minimum absolute atomic E-state index is 0.0151. The molecule has 0 saturated heterocycles. The number of thioether (sulfide) groups is 1. The number of aromatic nitrogens is 5. The van der Waals surface area contributed by atoms with Crippen LogP contribution in [0, 0.1) is 0 Å². The van der Waals surface area contributed by atoms with Gasteiger partial charge < -0.3 is 10.6 Å². The lowest BCUT2D eigenvalue weighted by atomic mass is 10.3. The summed E-state index contributed by atoms with van der Waals surface area (Å²) in [6, 6.07) is 5.71. The summed E-state index contributed by atoms with van der Waals surface area (Å²) in [7, 11) is 0. The number of hydrogen-bond acceptors (Lipinski definition) is 7. The predicted molar refractivity (Wildman–Crippen MR) is 138 cm³/mol. The Labute approximate surface area is 204 Å². The summed E-state index contributed by atoms with van der Waals surface area (Å²) in [5.74, 6) is 1.41. The van der Waals surface area contributed by atoms with Gasteiger partial charge in [-0.1, -0.05) is 26.0 Å². The number of allylic oxidation sites excluding steroid dienone is 4. The first-order chi connectivity index (χ1) is 16.6. The van der Waals surface area contributed by atoms with E-state index >= 15 is 0 Å². The maximum Gasteiger partial charge on any atom is 0.238 e.